The van der Waals surface area contributed by atoms with Gasteiger partial charge >= 0.3 is 0 Å². The highest BCUT2D eigenvalue weighted by atomic mass is 16.5. The van der Waals surface area contributed by atoms with Crippen LogP contribution in [0.1, 0.15) is 0 Å². The third-order valence-electron chi connectivity index (χ3n) is 3.74. The quantitative estimate of drug-likeness (QED) is 0.821. The number of aliphatic hydroxyl groups excluding tert-OH is 1. The van der Waals surface area contributed by atoms with Crippen LogP contribution >= 0.6 is 0 Å². The third-order valence-corrected chi connectivity index (χ3v) is 3.74. The maximum absolute atomic E-state index is 9.24. The summed E-state index contributed by atoms with van der Waals surface area (Å²) >= 11 is 0. The Morgan fingerprint density at radius 1 is 1.21 bits per heavy atom. The zero-order chi connectivity index (χ0) is 13.1. The highest BCUT2D eigenvalue weighted by molar-refractivity contribution is 5.78. The molecule has 1 aromatic carbocycles. The van der Waals surface area contributed by atoms with Gasteiger partial charge in [-0.05, 0) is 12.1 Å². The summed E-state index contributed by atoms with van der Waals surface area (Å²) in [4.78, 5) is 4.63. The van der Waals surface area contributed by atoms with Gasteiger partial charge < -0.3 is 25.0 Å². The minimum atomic E-state index is 0.176. The van der Waals surface area contributed by atoms with Crippen molar-refractivity contribution in [2.45, 2.75) is 0 Å². The molecule has 0 aliphatic carbocycles. The SMILES string of the molecule is OCCN1CCOc2cccc(N3CCNCC3)c21. The number of β-amino-alcohol motifs (C(OH)–C–C–N with tert-alkyl or cyclic N) is 1. The molecule has 1 fully saturated rings. The molecule has 0 amide bonds. The smallest absolute Gasteiger partial charge is 0.144 e. The van der Waals surface area contributed by atoms with Crippen LogP contribution in [0.25, 0.3) is 0 Å². The van der Waals surface area contributed by atoms with E-state index in [4.69, 9.17) is 4.74 Å². The Hall–Kier alpha value is -1.46. The number of fused-ring (bicyclic) bond motifs is 1. The summed E-state index contributed by atoms with van der Waals surface area (Å²) in [7, 11) is 0. The number of anilines is 2. The monoisotopic (exact) mass is 263 g/mol. The lowest BCUT2D eigenvalue weighted by atomic mass is 10.1. The predicted octanol–water partition coefficient (Wildman–Crippen LogP) is 0.287. The lowest BCUT2D eigenvalue weighted by Crippen LogP contribution is -2.45. The van der Waals surface area contributed by atoms with Crippen molar-refractivity contribution < 1.29 is 9.84 Å². The van der Waals surface area contributed by atoms with E-state index in [9.17, 15) is 5.11 Å². The first-order valence-electron chi connectivity index (χ1n) is 6.97. The standard InChI is InChI=1S/C14H21N3O2/c18-10-8-17-9-11-19-13-3-1-2-12(14(13)17)16-6-4-15-5-7-16/h1-3,15,18H,4-11H2. The summed E-state index contributed by atoms with van der Waals surface area (Å²) in [6.07, 6.45) is 0. The van der Waals surface area contributed by atoms with Crippen LogP contribution in [0.5, 0.6) is 5.75 Å². The summed E-state index contributed by atoms with van der Waals surface area (Å²) in [5, 5.41) is 12.6. The van der Waals surface area contributed by atoms with Gasteiger partial charge in [-0.2, -0.15) is 0 Å². The van der Waals surface area contributed by atoms with Crippen LogP contribution in [0.15, 0.2) is 18.2 Å². The Kier molecular flexibility index (Phi) is 3.75. The highest BCUT2D eigenvalue weighted by Gasteiger charge is 2.24. The van der Waals surface area contributed by atoms with Gasteiger partial charge in [-0.15, -0.1) is 0 Å². The van der Waals surface area contributed by atoms with E-state index in [0.29, 0.717) is 13.2 Å². The van der Waals surface area contributed by atoms with Crippen molar-refractivity contribution in [3.05, 3.63) is 18.2 Å². The molecule has 0 saturated carbocycles. The van der Waals surface area contributed by atoms with Gasteiger partial charge in [-0.1, -0.05) is 6.07 Å². The van der Waals surface area contributed by atoms with Gasteiger partial charge in [0.25, 0.3) is 0 Å². The van der Waals surface area contributed by atoms with Crippen molar-refractivity contribution in [2.24, 2.45) is 0 Å². The Balaban J connectivity index is 1.95. The number of piperazine rings is 1. The number of nitrogens with one attached hydrogen (secondary N) is 1. The number of benzene rings is 1. The fraction of sp³-hybridized carbons (Fsp3) is 0.571. The lowest BCUT2D eigenvalue weighted by Gasteiger charge is -2.37. The number of aliphatic hydroxyl groups is 1. The first-order chi connectivity index (χ1) is 9.40. The molecule has 1 saturated heterocycles. The summed E-state index contributed by atoms with van der Waals surface area (Å²) in [5.41, 5.74) is 2.37. The van der Waals surface area contributed by atoms with Gasteiger partial charge in [-0.25, -0.2) is 0 Å². The van der Waals surface area contributed by atoms with E-state index in [1.54, 1.807) is 0 Å². The van der Waals surface area contributed by atoms with Crippen molar-refractivity contribution >= 4 is 11.4 Å². The van der Waals surface area contributed by atoms with Gasteiger partial charge in [0.2, 0.25) is 0 Å². The molecule has 0 bridgehead atoms. The van der Waals surface area contributed by atoms with E-state index in [1.807, 2.05) is 6.07 Å². The average Bonchev–Trinajstić information content (AvgIpc) is 2.48. The van der Waals surface area contributed by atoms with Crippen LogP contribution in [0, 0.1) is 0 Å². The zero-order valence-electron chi connectivity index (χ0n) is 11.1. The molecule has 2 aliphatic heterocycles. The fourth-order valence-electron chi connectivity index (χ4n) is 2.83. The summed E-state index contributed by atoms with van der Waals surface area (Å²) < 4.78 is 5.77. The first-order valence-corrected chi connectivity index (χ1v) is 6.97. The van der Waals surface area contributed by atoms with Crippen LogP contribution in [-0.4, -0.2) is 57.6 Å². The van der Waals surface area contributed by atoms with E-state index < -0.39 is 0 Å². The Morgan fingerprint density at radius 2 is 2.05 bits per heavy atom. The Bertz CT molecular complexity index is 433. The van der Waals surface area contributed by atoms with Crippen molar-refractivity contribution in [3.8, 4) is 5.75 Å². The second-order valence-electron chi connectivity index (χ2n) is 4.92. The van der Waals surface area contributed by atoms with Gasteiger partial charge in [0.15, 0.2) is 0 Å². The molecule has 5 nitrogen and oxygen atoms in total. The number of para-hydroxylation sites is 1. The molecular weight excluding hydrogens is 242 g/mol. The molecule has 2 N–H and O–H groups in total. The first kappa shape index (κ1) is 12.6. The number of hydrogen-bond donors (Lipinski definition) is 2. The molecular formula is C14H21N3O2. The maximum Gasteiger partial charge on any atom is 0.144 e. The predicted molar refractivity (Wildman–Crippen MR) is 76.3 cm³/mol. The van der Waals surface area contributed by atoms with Gasteiger partial charge in [0.05, 0.1) is 18.8 Å². The summed E-state index contributed by atoms with van der Waals surface area (Å²) in [6.45, 7) is 6.45. The van der Waals surface area contributed by atoms with E-state index >= 15 is 0 Å². The van der Waals surface area contributed by atoms with Crippen molar-refractivity contribution in [1.82, 2.24) is 5.32 Å². The minimum Gasteiger partial charge on any atom is -0.489 e. The molecule has 2 heterocycles. The van der Waals surface area contributed by atoms with Crippen molar-refractivity contribution in [2.75, 3.05) is 62.3 Å². The molecule has 19 heavy (non-hydrogen) atoms. The van der Waals surface area contributed by atoms with Crippen molar-refractivity contribution in [3.63, 3.8) is 0 Å². The topological polar surface area (TPSA) is 48.0 Å². The summed E-state index contributed by atoms with van der Waals surface area (Å²) in [6, 6.07) is 6.23. The zero-order valence-corrected chi connectivity index (χ0v) is 11.1. The highest BCUT2D eigenvalue weighted by Crippen LogP contribution is 2.40. The van der Waals surface area contributed by atoms with E-state index in [1.165, 1.54) is 5.69 Å². The van der Waals surface area contributed by atoms with Crippen LogP contribution < -0.4 is 19.9 Å². The van der Waals surface area contributed by atoms with Crippen LogP contribution in [0.2, 0.25) is 0 Å². The molecule has 5 heteroatoms. The normalized spacial score (nSPS) is 19.0. The summed E-state index contributed by atoms with van der Waals surface area (Å²) in [5.74, 6) is 0.940. The van der Waals surface area contributed by atoms with E-state index in [0.717, 1.165) is 44.2 Å². The second-order valence-corrected chi connectivity index (χ2v) is 4.92. The van der Waals surface area contributed by atoms with Crippen LogP contribution in [0.4, 0.5) is 11.4 Å². The molecule has 0 atom stereocenters. The van der Waals surface area contributed by atoms with E-state index in [-0.39, 0.29) is 6.61 Å². The van der Waals surface area contributed by atoms with Gasteiger partial charge in [0.1, 0.15) is 18.0 Å². The molecule has 0 spiro atoms. The van der Waals surface area contributed by atoms with E-state index in [2.05, 4.69) is 27.2 Å². The Labute approximate surface area is 113 Å². The number of rotatable bonds is 3. The minimum absolute atomic E-state index is 0.176. The largest absolute Gasteiger partial charge is 0.489 e. The number of hydrogen-bond acceptors (Lipinski definition) is 5. The molecule has 0 aromatic heterocycles. The maximum atomic E-state index is 9.24. The average molecular weight is 263 g/mol. The van der Waals surface area contributed by atoms with Gasteiger partial charge in [0, 0.05) is 32.7 Å². The number of nitrogens with zero attached hydrogens (tertiary/aromatic N) is 2. The molecule has 3 rings (SSSR count). The Morgan fingerprint density at radius 3 is 2.84 bits per heavy atom. The molecule has 1 aromatic rings. The molecule has 0 unspecified atom stereocenters. The van der Waals surface area contributed by atoms with Crippen molar-refractivity contribution in [1.29, 1.82) is 0 Å². The second kappa shape index (κ2) is 5.67. The van der Waals surface area contributed by atoms with Gasteiger partial charge in [-0.3, -0.25) is 0 Å². The molecule has 2 aliphatic rings. The van der Waals surface area contributed by atoms with Crippen LogP contribution in [0.3, 0.4) is 0 Å². The number of ether oxygens (including phenoxy) is 1. The molecule has 0 radical (unpaired) electrons. The molecule has 104 valence electrons. The lowest BCUT2D eigenvalue weighted by molar-refractivity contribution is 0.278. The van der Waals surface area contributed by atoms with Crippen LogP contribution in [-0.2, 0) is 0 Å². The third kappa shape index (κ3) is 2.48. The fourth-order valence-corrected chi connectivity index (χ4v) is 2.83.